The number of ether oxygens (including phenoxy) is 1. The SMILES string of the molecule is C=CCc1cccc([C@H]2C3=CC[C@@H]4C(=O)N(CCc5ccc(O)cc5)C(=O)[C@@H]4[C@@H]3C[C@H]3C(=O)N(Nc4ccc(Cl)cc4Cl)C(=O)[C@@]23c2ccc(OC)cc2)c1O. The van der Waals surface area contributed by atoms with Gasteiger partial charge in [0, 0.05) is 23.0 Å². The molecule has 0 bridgehead atoms. The number of carbonyl (C=O) groups is 4. The van der Waals surface area contributed by atoms with E-state index in [0.29, 0.717) is 40.3 Å². The Morgan fingerprint density at radius 3 is 2.38 bits per heavy atom. The van der Waals surface area contributed by atoms with Crippen molar-refractivity contribution < 1.29 is 34.1 Å². The lowest BCUT2D eigenvalue weighted by molar-refractivity contribution is -0.141. The Balaban J connectivity index is 1.29. The second kappa shape index (κ2) is 14.5. The summed E-state index contributed by atoms with van der Waals surface area (Å²) in [6, 6.07) is 23.7. The van der Waals surface area contributed by atoms with E-state index >= 15 is 4.79 Å². The lowest BCUT2D eigenvalue weighted by Gasteiger charge is -2.50. The Morgan fingerprint density at radius 1 is 0.929 bits per heavy atom. The third kappa shape index (κ3) is 5.85. The summed E-state index contributed by atoms with van der Waals surface area (Å²) < 4.78 is 5.48. The van der Waals surface area contributed by atoms with Crippen molar-refractivity contribution in [3.8, 4) is 17.2 Å². The average Bonchev–Trinajstić information content (AvgIpc) is 3.56. The van der Waals surface area contributed by atoms with E-state index in [1.165, 1.54) is 18.1 Å². The molecule has 10 nitrogen and oxygen atoms in total. The second-order valence-corrected chi connectivity index (χ2v) is 15.6. The van der Waals surface area contributed by atoms with Crippen LogP contribution in [0.15, 0.2) is 109 Å². The zero-order valence-electron chi connectivity index (χ0n) is 30.5. The number of phenolic OH excluding ortho intramolecular Hbond substituents is 2. The van der Waals surface area contributed by atoms with Gasteiger partial charge in [0.25, 0.3) is 11.8 Å². The number of nitrogens with one attached hydrogen (secondary N) is 1. The number of rotatable bonds is 10. The number of benzene rings is 4. The summed E-state index contributed by atoms with van der Waals surface area (Å²) in [5.74, 6) is -5.08. The van der Waals surface area contributed by atoms with E-state index in [1.54, 1.807) is 84.9 Å². The summed E-state index contributed by atoms with van der Waals surface area (Å²) in [7, 11) is 1.54. The highest BCUT2D eigenvalue weighted by Gasteiger charge is 2.70. The van der Waals surface area contributed by atoms with E-state index in [9.17, 15) is 24.6 Å². The number of carbonyl (C=O) groups excluding carboxylic acids is 4. The largest absolute Gasteiger partial charge is 0.508 e. The molecule has 3 fully saturated rings. The molecular formula is C44H39Cl2N3O7. The number of aromatic hydroxyl groups is 2. The van der Waals surface area contributed by atoms with Crippen LogP contribution in [0.5, 0.6) is 17.2 Å². The molecule has 56 heavy (non-hydrogen) atoms. The number of halogens is 2. The molecule has 3 N–H and O–H groups in total. The summed E-state index contributed by atoms with van der Waals surface area (Å²) in [5, 5.41) is 23.4. The van der Waals surface area contributed by atoms with Crippen LogP contribution >= 0.6 is 23.2 Å². The van der Waals surface area contributed by atoms with Crippen LogP contribution in [0.4, 0.5) is 5.69 Å². The highest BCUT2D eigenvalue weighted by Crippen LogP contribution is 2.65. The number of hydrogen-bond acceptors (Lipinski definition) is 8. The predicted octanol–water partition coefficient (Wildman–Crippen LogP) is 7.37. The smallest absolute Gasteiger partial charge is 0.260 e. The topological polar surface area (TPSA) is 136 Å². The Labute approximate surface area is 333 Å². The summed E-state index contributed by atoms with van der Waals surface area (Å²) in [5.41, 5.74) is 4.78. The first-order chi connectivity index (χ1) is 27.0. The van der Waals surface area contributed by atoms with Crippen molar-refractivity contribution in [3.05, 3.63) is 142 Å². The van der Waals surface area contributed by atoms with Crippen molar-refractivity contribution in [3.63, 3.8) is 0 Å². The molecule has 0 unspecified atom stereocenters. The fourth-order valence-electron chi connectivity index (χ4n) is 9.54. The number of methoxy groups -OCH3 is 1. The average molecular weight is 793 g/mol. The minimum absolute atomic E-state index is 0.0375. The number of fused-ring (bicyclic) bond motifs is 4. The van der Waals surface area contributed by atoms with Gasteiger partial charge in [-0.1, -0.05) is 83.4 Å². The highest BCUT2D eigenvalue weighted by molar-refractivity contribution is 6.36. The molecule has 0 aromatic heterocycles. The Morgan fingerprint density at radius 2 is 1.68 bits per heavy atom. The number of imide groups is 2. The van der Waals surface area contributed by atoms with Crippen LogP contribution in [0.25, 0.3) is 0 Å². The second-order valence-electron chi connectivity index (χ2n) is 14.8. The number of amides is 4. The Bertz CT molecular complexity index is 2310. The fraction of sp³-hybridized carbons (Fsp3) is 0.273. The molecule has 4 aliphatic rings. The molecule has 2 aliphatic heterocycles. The third-order valence-electron chi connectivity index (χ3n) is 12.1. The number of nitrogens with zero attached hydrogens (tertiary/aromatic N) is 2. The normalized spacial score (nSPS) is 25.4. The molecule has 286 valence electrons. The van der Waals surface area contributed by atoms with Gasteiger partial charge < -0.3 is 14.9 Å². The lowest BCUT2D eigenvalue weighted by atomic mass is 9.49. The first-order valence-corrected chi connectivity index (χ1v) is 19.2. The van der Waals surface area contributed by atoms with E-state index < -0.39 is 46.8 Å². The van der Waals surface area contributed by atoms with Gasteiger partial charge >= 0.3 is 0 Å². The molecule has 2 saturated heterocycles. The van der Waals surface area contributed by atoms with Gasteiger partial charge in [-0.25, -0.2) is 0 Å². The zero-order valence-corrected chi connectivity index (χ0v) is 32.0. The van der Waals surface area contributed by atoms with Crippen molar-refractivity contribution in [2.24, 2.45) is 23.7 Å². The van der Waals surface area contributed by atoms with Gasteiger partial charge in [-0.15, -0.1) is 6.58 Å². The van der Waals surface area contributed by atoms with Gasteiger partial charge in [-0.05, 0) is 90.8 Å². The summed E-state index contributed by atoms with van der Waals surface area (Å²) in [6.45, 7) is 4.02. The van der Waals surface area contributed by atoms with Crippen molar-refractivity contribution in [2.45, 2.75) is 37.0 Å². The molecule has 6 atom stereocenters. The van der Waals surface area contributed by atoms with Gasteiger partial charge in [0.05, 0.1) is 41.0 Å². The minimum Gasteiger partial charge on any atom is -0.508 e. The molecule has 4 amide bonds. The molecule has 4 aromatic carbocycles. The first kappa shape index (κ1) is 37.3. The van der Waals surface area contributed by atoms with E-state index in [-0.39, 0.29) is 53.4 Å². The van der Waals surface area contributed by atoms with Gasteiger partial charge in [-0.2, -0.15) is 5.01 Å². The summed E-state index contributed by atoms with van der Waals surface area (Å²) in [6.07, 6.45) is 4.71. The van der Waals surface area contributed by atoms with E-state index in [1.807, 2.05) is 6.08 Å². The zero-order chi connectivity index (χ0) is 39.5. The lowest BCUT2D eigenvalue weighted by Crippen LogP contribution is -2.53. The number of hydrogen-bond donors (Lipinski definition) is 3. The number of hydrazine groups is 1. The minimum atomic E-state index is -1.61. The maximum absolute atomic E-state index is 15.5. The first-order valence-electron chi connectivity index (χ1n) is 18.5. The van der Waals surface area contributed by atoms with Crippen LogP contribution in [0, 0.1) is 23.7 Å². The molecule has 4 aromatic rings. The standard InChI is InChI=1S/C44H39Cl2N3O7/c1-3-5-25-6-4-7-32(39(25)51)38-30-17-18-31-37(42(54)48(40(31)52)21-20-24-8-13-28(50)14-9-24)33(30)23-34-41(53)49(47-36-19-12-27(45)22-35(36)46)43(55)44(34,38)26-10-15-29(56-2)16-11-26/h3-4,6-17,19,22,31,33-34,37-38,47,50-51H,1,5,18,20-21,23H2,2H3/t31-,33+,34-,37-,38+,44+/m0/s1. The molecule has 0 spiro atoms. The van der Waals surface area contributed by atoms with Crippen LogP contribution in [-0.4, -0.2) is 57.4 Å². The molecule has 1 saturated carbocycles. The quantitative estimate of drug-likeness (QED) is 0.112. The van der Waals surface area contributed by atoms with Crippen LogP contribution in [0.3, 0.4) is 0 Å². The van der Waals surface area contributed by atoms with Crippen LogP contribution < -0.4 is 10.2 Å². The van der Waals surface area contributed by atoms with Crippen molar-refractivity contribution in [2.75, 3.05) is 19.1 Å². The van der Waals surface area contributed by atoms with Crippen molar-refractivity contribution in [1.82, 2.24) is 9.91 Å². The van der Waals surface area contributed by atoms with Crippen molar-refractivity contribution in [1.29, 1.82) is 0 Å². The van der Waals surface area contributed by atoms with Gasteiger partial charge in [0.2, 0.25) is 11.8 Å². The summed E-state index contributed by atoms with van der Waals surface area (Å²) in [4.78, 5) is 60.4. The Hall–Kier alpha value is -5.58. The molecule has 0 radical (unpaired) electrons. The summed E-state index contributed by atoms with van der Waals surface area (Å²) >= 11 is 12.8. The Kier molecular flexibility index (Phi) is 9.66. The highest BCUT2D eigenvalue weighted by atomic mass is 35.5. The van der Waals surface area contributed by atoms with E-state index in [0.717, 1.165) is 16.1 Å². The third-order valence-corrected chi connectivity index (χ3v) is 12.6. The molecule has 8 rings (SSSR count). The molecule has 12 heteroatoms. The van der Waals surface area contributed by atoms with Crippen LogP contribution in [0.2, 0.25) is 10.0 Å². The number of para-hydroxylation sites is 1. The van der Waals surface area contributed by atoms with Gasteiger partial charge in [0.15, 0.2) is 0 Å². The van der Waals surface area contributed by atoms with E-state index in [2.05, 4.69) is 12.0 Å². The molecule has 2 heterocycles. The van der Waals surface area contributed by atoms with Crippen molar-refractivity contribution >= 4 is 52.5 Å². The number of likely N-dealkylation sites (tertiary alicyclic amines) is 1. The monoisotopic (exact) mass is 791 g/mol. The maximum Gasteiger partial charge on any atom is 0.260 e. The number of anilines is 1. The predicted molar refractivity (Wildman–Crippen MR) is 211 cm³/mol. The maximum atomic E-state index is 15.5. The molecule has 2 aliphatic carbocycles. The fourth-order valence-corrected chi connectivity index (χ4v) is 9.99. The van der Waals surface area contributed by atoms with Crippen LogP contribution in [0.1, 0.15) is 41.0 Å². The van der Waals surface area contributed by atoms with E-state index in [4.69, 9.17) is 27.9 Å². The van der Waals surface area contributed by atoms with Crippen LogP contribution in [-0.2, 0) is 37.4 Å². The number of allylic oxidation sites excluding steroid dienone is 3. The van der Waals surface area contributed by atoms with Gasteiger partial charge in [0.1, 0.15) is 17.2 Å². The molecular weight excluding hydrogens is 753 g/mol. The number of phenols is 2. The van der Waals surface area contributed by atoms with Gasteiger partial charge in [-0.3, -0.25) is 29.5 Å².